The first-order chi connectivity index (χ1) is 32.0. The molecule has 0 saturated heterocycles. The van der Waals surface area contributed by atoms with Crippen molar-refractivity contribution in [3.05, 3.63) is 24.3 Å². The number of ether oxygens (including phenoxy) is 1. The minimum atomic E-state index is -0.860. The van der Waals surface area contributed by atoms with Crippen LogP contribution in [0, 0.1) is 0 Å². The Bertz CT molecular complexity index is 1010. The van der Waals surface area contributed by atoms with E-state index in [1.54, 1.807) is 6.08 Å². The van der Waals surface area contributed by atoms with Gasteiger partial charge in [0.15, 0.2) is 0 Å². The molecule has 0 aliphatic rings. The van der Waals surface area contributed by atoms with Crippen LogP contribution in [-0.2, 0) is 14.3 Å². The highest BCUT2D eigenvalue weighted by atomic mass is 16.5. The van der Waals surface area contributed by atoms with Gasteiger partial charge in [-0.3, -0.25) is 9.59 Å². The first-order valence-corrected chi connectivity index (χ1v) is 29.1. The molecule has 0 rings (SSSR count). The molecule has 0 aliphatic heterocycles. The normalized spacial score (nSPS) is 12.7. The van der Waals surface area contributed by atoms with Crippen LogP contribution in [0.5, 0.6) is 0 Å². The number of carbonyl (C=O) groups is 2. The van der Waals surface area contributed by atoms with Gasteiger partial charge >= 0.3 is 5.97 Å². The van der Waals surface area contributed by atoms with E-state index in [0.29, 0.717) is 19.4 Å². The summed E-state index contributed by atoms with van der Waals surface area (Å²) in [5.74, 6) is -0.111. The number of esters is 1. The molecule has 65 heavy (non-hydrogen) atoms. The zero-order chi connectivity index (χ0) is 47.2. The molecule has 2 atom stereocenters. The number of nitrogens with one attached hydrogen (secondary N) is 1. The summed E-state index contributed by atoms with van der Waals surface area (Å²) in [4.78, 5) is 24.5. The zero-order valence-electron chi connectivity index (χ0n) is 43.7. The molecular formula is C59H113NO5. The minimum Gasteiger partial charge on any atom is -0.466 e. The number of allylic oxidation sites excluding steroid dienone is 3. The fourth-order valence-corrected chi connectivity index (χ4v) is 8.98. The van der Waals surface area contributed by atoms with E-state index in [1.807, 2.05) is 6.08 Å². The lowest BCUT2D eigenvalue weighted by molar-refractivity contribution is -0.143. The Balaban J connectivity index is 3.50. The van der Waals surface area contributed by atoms with Crippen molar-refractivity contribution in [3.63, 3.8) is 0 Å². The van der Waals surface area contributed by atoms with Crippen LogP contribution in [0.1, 0.15) is 316 Å². The predicted molar refractivity (Wildman–Crippen MR) is 283 cm³/mol. The van der Waals surface area contributed by atoms with Crippen molar-refractivity contribution in [2.75, 3.05) is 13.2 Å². The number of hydrogen-bond donors (Lipinski definition) is 3. The minimum absolute atomic E-state index is 0.0196. The van der Waals surface area contributed by atoms with Gasteiger partial charge in [0, 0.05) is 12.8 Å². The van der Waals surface area contributed by atoms with E-state index in [4.69, 9.17) is 4.74 Å². The molecule has 0 heterocycles. The second-order valence-electron chi connectivity index (χ2n) is 20.0. The molecular weight excluding hydrogens is 803 g/mol. The number of unbranched alkanes of at least 4 members (excludes halogenated alkanes) is 41. The summed E-state index contributed by atoms with van der Waals surface area (Å²) in [7, 11) is 0. The van der Waals surface area contributed by atoms with Crippen LogP contribution in [0.3, 0.4) is 0 Å². The van der Waals surface area contributed by atoms with Crippen molar-refractivity contribution >= 4 is 11.9 Å². The number of aliphatic hydroxyl groups is 2. The van der Waals surface area contributed by atoms with Gasteiger partial charge in [-0.15, -0.1) is 0 Å². The Kier molecular flexibility index (Phi) is 53.5. The lowest BCUT2D eigenvalue weighted by Crippen LogP contribution is -2.45. The van der Waals surface area contributed by atoms with Crippen molar-refractivity contribution in [2.45, 2.75) is 328 Å². The second-order valence-corrected chi connectivity index (χ2v) is 20.0. The molecule has 0 saturated carbocycles. The topological polar surface area (TPSA) is 95.9 Å². The highest BCUT2D eigenvalue weighted by Gasteiger charge is 2.18. The van der Waals surface area contributed by atoms with Gasteiger partial charge in [0.2, 0.25) is 5.91 Å². The Morgan fingerprint density at radius 2 is 0.723 bits per heavy atom. The molecule has 0 radical (unpaired) electrons. The van der Waals surface area contributed by atoms with Crippen LogP contribution in [0.25, 0.3) is 0 Å². The Labute approximate surface area is 405 Å². The molecule has 3 N–H and O–H groups in total. The van der Waals surface area contributed by atoms with Crippen LogP contribution in [0.2, 0.25) is 0 Å². The molecule has 0 aromatic heterocycles. The first kappa shape index (κ1) is 63.3. The number of amides is 1. The molecule has 0 aromatic rings. The number of hydrogen-bond acceptors (Lipinski definition) is 5. The fraction of sp³-hybridized carbons (Fsp3) is 0.898. The number of rotatable bonds is 54. The second kappa shape index (κ2) is 54.9. The predicted octanol–water partition coefficient (Wildman–Crippen LogP) is 17.9. The fourth-order valence-electron chi connectivity index (χ4n) is 8.98. The third kappa shape index (κ3) is 51.6. The van der Waals surface area contributed by atoms with E-state index in [2.05, 4.69) is 31.3 Å². The largest absolute Gasteiger partial charge is 0.466 e. The maximum absolute atomic E-state index is 12.5. The van der Waals surface area contributed by atoms with Crippen LogP contribution in [0.4, 0.5) is 0 Å². The quantitative estimate of drug-likeness (QED) is 0.0321. The van der Waals surface area contributed by atoms with Crippen LogP contribution in [-0.4, -0.2) is 47.4 Å². The SMILES string of the molecule is CCCCCCCCCCCCCCCCCC/C=C/C(O)C(CO)NC(=O)CCCCCCC/C=C\CCCCCOC(=O)CCCCCCCCCCCCCCCCCCCC. The van der Waals surface area contributed by atoms with Gasteiger partial charge in [0.1, 0.15) is 0 Å². The van der Waals surface area contributed by atoms with Gasteiger partial charge in [-0.05, 0) is 64.2 Å². The summed E-state index contributed by atoms with van der Waals surface area (Å²) >= 11 is 0. The summed E-state index contributed by atoms with van der Waals surface area (Å²) in [5.41, 5.74) is 0. The third-order valence-corrected chi connectivity index (χ3v) is 13.5. The van der Waals surface area contributed by atoms with Gasteiger partial charge in [-0.1, -0.05) is 263 Å². The Morgan fingerprint density at radius 1 is 0.415 bits per heavy atom. The molecule has 2 unspecified atom stereocenters. The van der Waals surface area contributed by atoms with E-state index >= 15 is 0 Å². The highest BCUT2D eigenvalue weighted by molar-refractivity contribution is 5.76. The van der Waals surface area contributed by atoms with Crippen LogP contribution >= 0.6 is 0 Å². The zero-order valence-corrected chi connectivity index (χ0v) is 43.7. The maximum Gasteiger partial charge on any atom is 0.305 e. The van der Waals surface area contributed by atoms with E-state index in [0.717, 1.165) is 77.0 Å². The standard InChI is InChI=1S/C59H113NO5/c1-3-5-7-9-11-13-15-17-19-21-23-25-27-31-35-39-43-47-51-57(62)56(55-61)60-58(63)52-48-44-40-36-32-29-30-34-38-42-46-50-54-65-59(64)53-49-45-41-37-33-28-26-24-22-20-18-16-14-12-10-8-6-4-2/h30,34,47,51,56-57,61-62H,3-29,31-33,35-46,48-50,52-55H2,1-2H3,(H,60,63)/b34-30-,51-47+. The Hall–Kier alpha value is -1.66. The number of aliphatic hydroxyl groups excluding tert-OH is 2. The lowest BCUT2D eigenvalue weighted by atomic mass is 10.0. The van der Waals surface area contributed by atoms with E-state index in [-0.39, 0.29) is 18.5 Å². The van der Waals surface area contributed by atoms with Gasteiger partial charge in [-0.2, -0.15) is 0 Å². The smallest absolute Gasteiger partial charge is 0.305 e. The molecule has 0 aliphatic carbocycles. The van der Waals surface area contributed by atoms with E-state index in [1.165, 1.54) is 212 Å². The first-order valence-electron chi connectivity index (χ1n) is 29.1. The average Bonchev–Trinajstić information content (AvgIpc) is 3.31. The summed E-state index contributed by atoms with van der Waals surface area (Å²) in [5, 5.41) is 23.1. The summed E-state index contributed by atoms with van der Waals surface area (Å²) in [6, 6.07) is -0.646. The molecule has 1 amide bonds. The summed E-state index contributed by atoms with van der Waals surface area (Å²) < 4.78 is 5.47. The average molecular weight is 917 g/mol. The molecule has 0 bridgehead atoms. The number of carbonyl (C=O) groups excluding carboxylic acids is 2. The van der Waals surface area contributed by atoms with Crippen molar-refractivity contribution in [1.29, 1.82) is 0 Å². The van der Waals surface area contributed by atoms with Crippen molar-refractivity contribution in [1.82, 2.24) is 5.32 Å². The molecule has 0 aromatic carbocycles. The molecule has 0 spiro atoms. The van der Waals surface area contributed by atoms with Crippen LogP contribution in [0.15, 0.2) is 24.3 Å². The lowest BCUT2D eigenvalue weighted by Gasteiger charge is -2.20. The van der Waals surface area contributed by atoms with Crippen molar-refractivity contribution < 1.29 is 24.5 Å². The summed E-state index contributed by atoms with van der Waals surface area (Å²) in [6.45, 7) is 4.87. The van der Waals surface area contributed by atoms with Crippen LogP contribution < -0.4 is 5.32 Å². The highest BCUT2D eigenvalue weighted by Crippen LogP contribution is 2.17. The Morgan fingerprint density at radius 3 is 1.09 bits per heavy atom. The maximum atomic E-state index is 12.5. The molecule has 6 heteroatoms. The monoisotopic (exact) mass is 916 g/mol. The summed E-state index contributed by atoms with van der Waals surface area (Å²) in [6.07, 6.45) is 66.3. The van der Waals surface area contributed by atoms with Gasteiger partial charge in [0.05, 0.1) is 25.4 Å². The van der Waals surface area contributed by atoms with Gasteiger partial charge in [0.25, 0.3) is 0 Å². The van der Waals surface area contributed by atoms with Gasteiger partial charge < -0.3 is 20.3 Å². The molecule has 6 nitrogen and oxygen atoms in total. The van der Waals surface area contributed by atoms with Gasteiger partial charge in [-0.25, -0.2) is 0 Å². The molecule has 384 valence electrons. The van der Waals surface area contributed by atoms with Crippen molar-refractivity contribution in [2.24, 2.45) is 0 Å². The third-order valence-electron chi connectivity index (χ3n) is 13.5. The molecule has 0 fully saturated rings. The van der Waals surface area contributed by atoms with Crippen molar-refractivity contribution in [3.8, 4) is 0 Å². The van der Waals surface area contributed by atoms with E-state index < -0.39 is 12.1 Å². The van der Waals surface area contributed by atoms with E-state index in [9.17, 15) is 19.8 Å².